The van der Waals surface area contributed by atoms with E-state index < -0.39 is 15.6 Å². The summed E-state index contributed by atoms with van der Waals surface area (Å²) in [7, 11) is -3.52. The number of rotatable bonds is 4. The zero-order valence-corrected chi connectivity index (χ0v) is 13.0. The monoisotopic (exact) mass is 296 g/mol. The van der Waals surface area contributed by atoms with Crippen molar-refractivity contribution in [2.45, 2.75) is 50.0 Å². The second-order valence-corrected chi connectivity index (χ2v) is 7.53. The summed E-state index contributed by atoms with van der Waals surface area (Å²) in [4.78, 5) is 0.352. The SMILES string of the molecule is Cc1ccccc1S(=O)(=O)NC1(CN)CCCCC1C. The predicted molar refractivity (Wildman–Crippen MR) is 80.9 cm³/mol. The van der Waals surface area contributed by atoms with Gasteiger partial charge in [0.15, 0.2) is 0 Å². The van der Waals surface area contributed by atoms with E-state index in [-0.39, 0.29) is 5.92 Å². The highest BCUT2D eigenvalue weighted by Gasteiger charge is 2.40. The molecule has 2 rings (SSSR count). The molecule has 1 aliphatic rings. The fourth-order valence-electron chi connectivity index (χ4n) is 3.09. The molecule has 0 amide bonds. The molecule has 20 heavy (non-hydrogen) atoms. The van der Waals surface area contributed by atoms with Crippen LogP contribution in [-0.2, 0) is 10.0 Å². The number of sulfonamides is 1. The third-order valence-electron chi connectivity index (χ3n) is 4.54. The topological polar surface area (TPSA) is 72.2 Å². The van der Waals surface area contributed by atoms with Crippen LogP contribution in [0.3, 0.4) is 0 Å². The lowest BCUT2D eigenvalue weighted by Gasteiger charge is -2.42. The molecule has 0 radical (unpaired) electrons. The van der Waals surface area contributed by atoms with Crippen molar-refractivity contribution in [1.82, 2.24) is 4.72 Å². The van der Waals surface area contributed by atoms with Crippen LogP contribution < -0.4 is 10.5 Å². The number of hydrogen-bond donors (Lipinski definition) is 2. The maximum absolute atomic E-state index is 12.7. The minimum absolute atomic E-state index is 0.264. The van der Waals surface area contributed by atoms with E-state index in [1.54, 1.807) is 12.1 Å². The molecule has 1 saturated carbocycles. The molecule has 2 unspecified atom stereocenters. The zero-order valence-electron chi connectivity index (χ0n) is 12.2. The molecule has 0 aromatic heterocycles. The standard InChI is InChI=1S/C15H24N2O2S/c1-12-7-3-4-9-14(12)20(18,19)17-15(11-16)10-6-5-8-13(15)2/h3-4,7,9,13,17H,5-6,8,10-11,16H2,1-2H3. The van der Waals surface area contributed by atoms with E-state index in [4.69, 9.17) is 5.73 Å². The van der Waals surface area contributed by atoms with Crippen LogP contribution in [0.1, 0.15) is 38.2 Å². The van der Waals surface area contributed by atoms with Gasteiger partial charge in [-0.25, -0.2) is 13.1 Å². The quantitative estimate of drug-likeness (QED) is 0.894. The number of benzene rings is 1. The van der Waals surface area contributed by atoms with E-state index in [0.29, 0.717) is 11.4 Å². The fraction of sp³-hybridized carbons (Fsp3) is 0.600. The van der Waals surface area contributed by atoms with E-state index in [9.17, 15) is 8.42 Å². The maximum atomic E-state index is 12.7. The molecule has 1 aromatic carbocycles. The van der Waals surface area contributed by atoms with Crippen molar-refractivity contribution in [3.05, 3.63) is 29.8 Å². The van der Waals surface area contributed by atoms with E-state index in [1.807, 2.05) is 19.1 Å². The number of hydrogen-bond acceptors (Lipinski definition) is 3. The molecule has 112 valence electrons. The summed E-state index contributed by atoms with van der Waals surface area (Å²) in [5, 5.41) is 0. The number of nitrogens with two attached hydrogens (primary N) is 1. The lowest BCUT2D eigenvalue weighted by molar-refractivity contribution is 0.191. The molecule has 0 bridgehead atoms. The van der Waals surface area contributed by atoms with Gasteiger partial charge in [0.1, 0.15) is 0 Å². The summed E-state index contributed by atoms with van der Waals surface area (Å²) in [5.74, 6) is 0.264. The third kappa shape index (κ3) is 2.90. The van der Waals surface area contributed by atoms with Crippen LogP contribution in [0, 0.1) is 12.8 Å². The average molecular weight is 296 g/mol. The van der Waals surface area contributed by atoms with Crippen molar-refractivity contribution in [3.8, 4) is 0 Å². The summed E-state index contributed by atoms with van der Waals surface area (Å²) < 4.78 is 28.2. The highest BCUT2D eigenvalue weighted by atomic mass is 32.2. The van der Waals surface area contributed by atoms with Crippen LogP contribution in [-0.4, -0.2) is 20.5 Å². The van der Waals surface area contributed by atoms with Gasteiger partial charge in [-0.05, 0) is 37.3 Å². The Morgan fingerprint density at radius 1 is 1.35 bits per heavy atom. The van der Waals surface area contributed by atoms with Crippen LogP contribution in [0.4, 0.5) is 0 Å². The van der Waals surface area contributed by atoms with Crippen LogP contribution in [0.5, 0.6) is 0 Å². The Labute approximate surface area is 121 Å². The second kappa shape index (κ2) is 5.84. The molecular weight excluding hydrogens is 272 g/mol. The Hall–Kier alpha value is -0.910. The van der Waals surface area contributed by atoms with Gasteiger partial charge in [-0.2, -0.15) is 0 Å². The molecule has 1 aromatic rings. The first-order valence-corrected chi connectivity index (χ1v) is 8.69. The first kappa shape index (κ1) is 15.5. The van der Waals surface area contributed by atoms with Crippen LogP contribution in [0.25, 0.3) is 0 Å². The smallest absolute Gasteiger partial charge is 0.241 e. The van der Waals surface area contributed by atoms with Gasteiger partial charge < -0.3 is 5.73 Å². The van der Waals surface area contributed by atoms with Gasteiger partial charge in [-0.3, -0.25) is 0 Å². The van der Waals surface area contributed by atoms with E-state index >= 15 is 0 Å². The normalized spacial score (nSPS) is 27.4. The van der Waals surface area contributed by atoms with Crippen molar-refractivity contribution in [2.75, 3.05) is 6.54 Å². The molecule has 3 N–H and O–H groups in total. The average Bonchev–Trinajstić information content (AvgIpc) is 2.41. The number of nitrogens with one attached hydrogen (secondary N) is 1. The molecule has 0 heterocycles. The molecular formula is C15H24N2O2S. The van der Waals surface area contributed by atoms with Crippen molar-refractivity contribution < 1.29 is 8.42 Å². The molecule has 0 saturated heterocycles. The Bertz CT molecular complexity index is 571. The minimum atomic E-state index is -3.52. The first-order chi connectivity index (χ1) is 9.41. The third-order valence-corrected chi connectivity index (χ3v) is 6.25. The molecule has 1 fully saturated rings. The highest BCUT2D eigenvalue weighted by molar-refractivity contribution is 7.89. The van der Waals surface area contributed by atoms with Gasteiger partial charge >= 0.3 is 0 Å². The van der Waals surface area contributed by atoms with Crippen molar-refractivity contribution >= 4 is 10.0 Å². The van der Waals surface area contributed by atoms with Crippen molar-refractivity contribution in [1.29, 1.82) is 0 Å². The Balaban J connectivity index is 2.33. The Kier molecular flexibility index (Phi) is 4.52. The summed E-state index contributed by atoms with van der Waals surface area (Å²) in [5.41, 5.74) is 6.18. The summed E-state index contributed by atoms with van der Waals surface area (Å²) in [6.07, 6.45) is 4.01. The van der Waals surface area contributed by atoms with E-state index in [1.165, 1.54) is 0 Å². The van der Waals surface area contributed by atoms with Crippen molar-refractivity contribution in [3.63, 3.8) is 0 Å². The van der Waals surface area contributed by atoms with Crippen LogP contribution in [0.2, 0.25) is 0 Å². The Morgan fingerprint density at radius 2 is 2.05 bits per heavy atom. The lowest BCUT2D eigenvalue weighted by atomic mass is 9.74. The van der Waals surface area contributed by atoms with E-state index in [2.05, 4.69) is 11.6 Å². The van der Waals surface area contributed by atoms with Gasteiger partial charge in [-0.15, -0.1) is 0 Å². The minimum Gasteiger partial charge on any atom is -0.329 e. The van der Waals surface area contributed by atoms with Crippen LogP contribution >= 0.6 is 0 Å². The van der Waals surface area contributed by atoms with Gasteiger partial charge in [0.25, 0.3) is 0 Å². The largest absolute Gasteiger partial charge is 0.329 e. The zero-order chi connectivity index (χ0) is 14.8. The molecule has 1 aliphatic carbocycles. The molecule has 0 aliphatic heterocycles. The molecule has 4 nitrogen and oxygen atoms in total. The maximum Gasteiger partial charge on any atom is 0.241 e. The molecule has 5 heteroatoms. The summed E-state index contributed by atoms with van der Waals surface area (Å²) in [6.45, 7) is 4.25. The van der Waals surface area contributed by atoms with Gasteiger partial charge in [0.05, 0.1) is 4.90 Å². The lowest BCUT2D eigenvalue weighted by Crippen LogP contribution is -2.59. The molecule has 0 spiro atoms. The highest BCUT2D eigenvalue weighted by Crippen LogP contribution is 2.34. The molecule has 2 atom stereocenters. The first-order valence-electron chi connectivity index (χ1n) is 7.21. The fourth-order valence-corrected chi connectivity index (χ4v) is 4.87. The summed E-state index contributed by atoms with van der Waals surface area (Å²) >= 11 is 0. The van der Waals surface area contributed by atoms with Gasteiger partial charge in [0, 0.05) is 12.1 Å². The van der Waals surface area contributed by atoms with E-state index in [0.717, 1.165) is 31.2 Å². The van der Waals surface area contributed by atoms with Crippen molar-refractivity contribution in [2.24, 2.45) is 11.7 Å². The van der Waals surface area contributed by atoms with Crippen LogP contribution in [0.15, 0.2) is 29.2 Å². The number of aryl methyl sites for hydroxylation is 1. The summed E-state index contributed by atoms with van der Waals surface area (Å²) in [6, 6.07) is 7.06. The van der Waals surface area contributed by atoms with Gasteiger partial charge in [0.2, 0.25) is 10.0 Å². The van der Waals surface area contributed by atoms with Gasteiger partial charge in [-0.1, -0.05) is 38.0 Å². The second-order valence-electron chi connectivity index (χ2n) is 5.88. The Morgan fingerprint density at radius 3 is 2.65 bits per heavy atom. The predicted octanol–water partition coefficient (Wildman–Crippen LogP) is 2.18.